The SMILES string of the molecule is N#Cc1cccc(C(=O)N2CCCCO2)c1. The minimum Gasteiger partial charge on any atom is -0.271 e. The molecule has 1 fully saturated rings. The van der Waals surface area contributed by atoms with Crippen LogP contribution in [0.2, 0.25) is 0 Å². The van der Waals surface area contributed by atoms with Crippen molar-refractivity contribution < 1.29 is 9.63 Å². The van der Waals surface area contributed by atoms with Crippen molar-refractivity contribution in [2.45, 2.75) is 12.8 Å². The van der Waals surface area contributed by atoms with Gasteiger partial charge < -0.3 is 0 Å². The second-order valence-electron chi connectivity index (χ2n) is 3.64. The van der Waals surface area contributed by atoms with Crippen LogP contribution < -0.4 is 0 Å². The predicted molar refractivity (Wildman–Crippen MR) is 57.4 cm³/mol. The monoisotopic (exact) mass is 216 g/mol. The maximum absolute atomic E-state index is 12.0. The van der Waals surface area contributed by atoms with Gasteiger partial charge in [0.2, 0.25) is 0 Å². The molecule has 16 heavy (non-hydrogen) atoms. The zero-order valence-corrected chi connectivity index (χ0v) is 8.85. The molecule has 0 atom stereocenters. The van der Waals surface area contributed by atoms with E-state index in [1.807, 2.05) is 6.07 Å². The molecule has 1 aromatic rings. The Labute approximate surface area is 94.0 Å². The van der Waals surface area contributed by atoms with Crippen molar-refractivity contribution in [3.63, 3.8) is 0 Å². The van der Waals surface area contributed by atoms with Crippen molar-refractivity contribution in [2.24, 2.45) is 0 Å². The van der Waals surface area contributed by atoms with Gasteiger partial charge in [0.05, 0.1) is 18.2 Å². The molecule has 0 spiro atoms. The smallest absolute Gasteiger partial charge is 0.271 e. The Morgan fingerprint density at radius 1 is 1.44 bits per heavy atom. The summed E-state index contributed by atoms with van der Waals surface area (Å²) in [6.45, 7) is 1.21. The standard InChI is InChI=1S/C12H12N2O2/c13-9-10-4-3-5-11(8-10)12(15)14-6-1-2-7-16-14/h3-5,8H,1-2,6-7H2. The maximum atomic E-state index is 12.0. The summed E-state index contributed by atoms with van der Waals surface area (Å²) in [6, 6.07) is 8.67. The highest BCUT2D eigenvalue weighted by Crippen LogP contribution is 2.12. The minimum absolute atomic E-state index is 0.170. The highest BCUT2D eigenvalue weighted by atomic mass is 16.7. The molecule has 1 aliphatic rings. The average molecular weight is 216 g/mol. The van der Waals surface area contributed by atoms with E-state index in [1.165, 1.54) is 5.06 Å². The van der Waals surface area contributed by atoms with Gasteiger partial charge in [-0.25, -0.2) is 5.06 Å². The molecule has 0 radical (unpaired) electrons. The fourth-order valence-corrected chi connectivity index (χ4v) is 1.62. The number of hydrogen-bond acceptors (Lipinski definition) is 3. The predicted octanol–water partition coefficient (Wildman–Crippen LogP) is 1.73. The average Bonchev–Trinajstić information content (AvgIpc) is 2.39. The first-order valence-electron chi connectivity index (χ1n) is 5.26. The molecule has 0 N–H and O–H groups in total. The number of nitrogens with zero attached hydrogens (tertiary/aromatic N) is 2. The zero-order chi connectivity index (χ0) is 11.4. The van der Waals surface area contributed by atoms with Crippen molar-refractivity contribution in [1.29, 1.82) is 5.26 Å². The van der Waals surface area contributed by atoms with Gasteiger partial charge in [0.15, 0.2) is 0 Å². The topological polar surface area (TPSA) is 53.3 Å². The lowest BCUT2D eigenvalue weighted by molar-refractivity contribution is -0.144. The molecule has 4 heteroatoms. The fraction of sp³-hybridized carbons (Fsp3) is 0.333. The number of carbonyl (C=O) groups excluding carboxylic acids is 1. The van der Waals surface area contributed by atoms with E-state index >= 15 is 0 Å². The van der Waals surface area contributed by atoms with Crippen LogP contribution in [-0.4, -0.2) is 24.1 Å². The Morgan fingerprint density at radius 3 is 3.00 bits per heavy atom. The van der Waals surface area contributed by atoms with Crippen LogP contribution in [-0.2, 0) is 4.84 Å². The summed E-state index contributed by atoms with van der Waals surface area (Å²) < 4.78 is 0. The van der Waals surface area contributed by atoms with E-state index in [-0.39, 0.29) is 5.91 Å². The highest BCUT2D eigenvalue weighted by molar-refractivity contribution is 5.93. The van der Waals surface area contributed by atoms with E-state index < -0.39 is 0 Å². The van der Waals surface area contributed by atoms with Crippen LogP contribution in [0.4, 0.5) is 0 Å². The van der Waals surface area contributed by atoms with Crippen LogP contribution in [0.3, 0.4) is 0 Å². The second-order valence-corrected chi connectivity index (χ2v) is 3.64. The van der Waals surface area contributed by atoms with E-state index in [4.69, 9.17) is 10.1 Å². The van der Waals surface area contributed by atoms with Crippen LogP contribution >= 0.6 is 0 Å². The van der Waals surface area contributed by atoms with Crippen molar-refractivity contribution in [3.05, 3.63) is 35.4 Å². The minimum atomic E-state index is -0.170. The van der Waals surface area contributed by atoms with Gasteiger partial charge >= 0.3 is 0 Å². The van der Waals surface area contributed by atoms with E-state index in [0.717, 1.165) is 12.8 Å². The molecule has 1 heterocycles. The molecule has 0 unspecified atom stereocenters. The molecule has 1 aromatic carbocycles. The van der Waals surface area contributed by atoms with Gasteiger partial charge in [0.1, 0.15) is 0 Å². The number of hydrogen-bond donors (Lipinski definition) is 0. The first kappa shape index (κ1) is 10.7. The molecule has 0 saturated carbocycles. The van der Waals surface area contributed by atoms with Crippen molar-refractivity contribution >= 4 is 5.91 Å². The quantitative estimate of drug-likeness (QED) is 0.718. The third-order valence-electron chi connectivity index (χ3n) is 2.47. The first-order valence-corrected chi connectivity index (χ1v) is 5.26. The molecular weight excluding hydrogens is 204 g/mol. The highest BCUT2D eigenvalue weighted by Gasteiger charge is 2.19. The van der Waals surface area contributed by atoms with E-state index in [1.54, 1.807) is 24.3 Å². The number of hydroxylamine groups is 2. The second kappa shape index (κ2) is 4.77. The molecule has 1 saturated heterocycles. The summed E-state index contributed by atoms with van der Waals surface area (Å²) in [4.78, 5) is 17.2. The molecule has 4 nitrogen and oxygen atoms in total. The van der Waals surface area contributed by atoms with E-state index in [2.05, 4.69) is 0 Å². The van der Waals surface area contributed by atoms with Crippen molar-refractivity contribution in [2.75, 3.05) is 13.2 Å². The van der Waals surface area contributed by atoms with Crippen LogP contribution in [0.15, 0.2) is 24.3 Å². The number of carbonyl (C=O) groups is 1. The molecular formula is C12H12N2O2. The Morgan fingerprint density at radius 2 is 2.31 bits per heavy atom. The molecule has 1 amide bonds. The van der Waals surface area contributed by atoms with Gasteiger partial charge in [-0.05, 0) is 31.0 Å². The van der Waals surface area contributed by atoms with Crippen LogP contribution in [0.5, 0.6) is 0 Å². The Balaban J connectivity index is 2.16. The molecule has 0 aliphatic carbocycles. The summed E-state index contributed by atoms with van der Waals surface area (Å²) in [5, 5.41) is 10.1. The Kier molecular flexibility index (Phi) is 3.18. The third-order valence-corrected chi connectivity index (χ3v) is 2.47. The number of rotatable bonds is 1. The normalized spacial score (nSPS) is 15.6. The molecule has 2 rings (SSSR count). The number of nitriles is 1. The largest absolute Gasteiger partial charge is 0.277 e. The summed E-state index contributed by atoms with van der Waals surface area (Å²) in [5.41, 5.74) is 0.990. The molecule has 82 valence electrons. The summed E-state index contributed by atoms with van der Waals surface area (Å²) in [5.74, 6) is -0.170. The number of benzene rings is 1. The van der Waals surface area contributed by atoms with Gasteiger partial charge in [-0.1, -0.05) is 6.07 Å². The summed E-state index contributed by atoms with van der Waals surface area (Å²) in [6.07, 6.45) is 1.95. The lowest BCUT2D eigenvalue weighted by Crippen LogP contribution is -2.35. The van der Waals surface area contributed by atoms with Crippen LogP contribution in [0.25, 0.3) is 0 Å². The molecule has 0 aromatic heterocycles. The summed E-state index contributed by atoms with van der Waals surface area (Å²) in [7, 11) is 0. The summed E-state index contributed by atoms with van der Waals surface area (Å²) >= 11 is 0. The fourth-order valence-electron chi connectivity index (χ4n) is 1.62. The van der Waals surface area contributed by atoms with Crippen LogP contribution in [0.1, 0.15) is 28.8 Å². The molecule has 1 aliphatic heterocycles. The van der Waals surface area contributed by atoms with Crippen LogP contribution in [0, 0.1) is 11.3 Å². The zero-order valence-electron chi connectivity index (χ0n) is 8.85. The van der Waals surface area contributed by atoms with Gasteiger partial charge in [-0.3, -0.25) is 9.63 Å². The van der Waals surface area contributed by atoms with Crippen molar-refractivity contribution in [3.8, 4) is 6.07 Å². The lowest BCUT2D eigenvalue weighted by Gasteiger charge is -2.25. The third kappa shape index (κ3) is 2.20. The van der Waals surface area contributed by atoms with Gasteiger partial charge in [0.25, 0.3) is 5.91 Å². The van der Waals surface area contributed by atoms with Gasteiger partial charge in [-0.2, -0.15) is 5.26 Å². The van der Waals surface area contributed by atoms with E-state index in [0.29, 0.717) is 24.3 Å². The maximum Gasteiger partial charge on any atom is 0.277 e. The Hall–Kier alpha value is -1.86. The van der Waals surface area contributed by atoms with Gasteiger partial charge in [0, 0.05) is 12.1 Å². The molecule has 0 bridgehead atoms. The Bertz CT molecular complexity index is 431. The first-order chi connectivity index (χ1) is 7.81. The van der Waals surface area contributed by atoms with Gasteiger partial charge in [-0.15, -0.1) is 0 Å². The van der Waals surface area contributed by atoms with E-state index in [9.17, 15) is 4.79 Å². The number of amides is 1. The lowest BCUT2D eigenvalue weighted by atomic mass is 10.1. The van der Waals surface area contributed by atoms with Crippen molar-refractivity contribution in [1.82, 2.24) is 5.06 Å².